The molecule has 0 aromatic carbocycles. The van der Waals surface area contributed by atoms with Crippen molar-refractivity contribution in [2.24, 2.45) is 0 Å². The SMILES string of the molecule is O=C(O)CCCCC(=O)OCc1cc(Br)sc1Br. The van der Waals surface area contributed by atoms with Crippen molar-refractivity contribution >= 4 is 55.1 Å². The second kappa shape index (κ2) is 7.91. The van der Waals surface area contributed by atoms with Gasteiger partial charge in [0, 0.05) is 18.4 Å². The zero-order valence-electron chi connectivity index (χ0n) is 9.45. The number of unbranched alkanes of at least 4 members (excludes halogenated alkanes) is 1. The Bertz CT molecular complexity index is 431. The first-order chi connectivity index (χ1) is 8.49. The number of carbonyl (C=O) groups excluding carboxylic acids is 1. The molecular formula is C11H12Br2O4S. The van der Waals surface area contributed by atoms with Crippen LogP contribution < -0.4 is 0 Å². The van der Waals surface area contributed by atoms with E-state index in [-0.39, 0.29) is 25.4 Å². The van der Waals surface area contributed by atoms with Crippen molar-refractivity contribution in [1.82, 2.24) is 0 Å². The summed E-state index contributed by atoms with van der Waals surface area (Å²) in [5, 5.41) is 8.44. The van der Waals surface area contributed by atoms with Crippen LogP contribution in [0.4, 0.5) is 0 Å². The number of aliphatic carboxylic acids is 1. The Morgan fingerprint density at radius 1 is 1.28 bits per heavy atom. The van der Waals surface area contributed by atoms with Gasteiger partial charge in [0.25, 0.3) is 0 Å². The van der Waals surface area contributed by atoms with E-state index in [9.17, 15) is 9.59 Å². The molecule has 1 rings (SSSR count). The van der Waals surface area contributed by atoms with Gasteiger partial charge in [0.1, 0.15) is 6.61 Å². The summed E-state index contributed by atoms with van der Waals surface area (Å²) in [5.41, 5.74) is 0.922. The summed E-state index contributed by atoms with van der Waals surface area (Å²) in [5.74, 6) is -1.13. The number of hydrogen-bond acceptors (Lipinski definition) is 4. The molecule has 0 radical (unpaired) electrons. The van der Waals surface area contributed by atoms with Crippen LogP contribution in [-0.4, -0.2) is 17.0 Å². The molecule has 100 valence electrons. The standard InChI is InChI=1S/C11H12Br2O4S/c12-8-5-7(11(13)18-8)6-17-10(16)4-2-1-3-9(14)15/h5H,1-4,6H2,(H,14,15). The highest BCUT2D eigenvalue weighted by molar-refractivity contribution is 9.12. The number of halogens is 2. The average molecular weight is 400 g/mol. The Morgan fingerprint density at radius 3 is 2.50 bits per heavy atom. The Hall–Kier alpha value is -0.400. The van der Waals surface area contributed by atoms with Crippen LogP contribution in [0.15, 0.2) is 13.6 Å². The molecule has 7 heteroatoms. The first kappa shape index (κ1) is 15.7. The molecule has 1 N–H and O–H groups in total. The zero-order valence-corrected chi connectivity index (χ0v) is 13.4. The van der Waals surface area contributed by atoms with Gasteiger partial charge in [0.2, 0.25) is 0 Å². The molecule has 18 heavy (non-hydrogen) atoms. The van der Waals surface area contributed by atoms with Crippen LogP contribution in [0.3, 0.4) is 0 Å². The second-order valence-electron chi connectivity index (χ2n) is 3.61. The van der Waals surface area contributed by atoms with E-state index in [1.807, 2.05) is 6.07 Å². The third kappa shape index (κ3) is 5.97. The smallest absolute Gasteiger partial charge is 0.306 e. The summed E-state index contributed by atoms with van der Waals surface area (Å²) in [6, 6.07) is 1.90. The van der Waals surface area contributed by atoms with Gasteiger partial charge < -0.3 is 9.84 Å². The molecule has 1 aromatic heterocycles. The number of carboxylic acids is 1. The molecule has 0 atom stereocenters. The lowest BCUT2D eigenvalue weighted by molar-refractivity contribution is -0.145. The minimum atomic E-state index is -0.838. The number of ether oxygens (including phenoxy) is 1. The highest BCUT2D eigenvalue weighted by Gasteiger charge is 2.09. The lowest BCUT2D eigenvalue weighted by Crippen LogP contribution is -2.04. The lowest BCUT2D eigenvalue weighted by atomic mass is 10.2. The molecule has 0 aliphatic heterocycles. The number of rotatable bonds is 7. The summed E-state index contributed by atoms with van der Waals surface area (Å²) in [7, 11) is 0. The van der Waals surface area contributed by atoms with E-state index in [2.05, 4.69) is 31.9 Å². The molecule has 4 nitrogen and oxygen atoms in total. The maximum atomic E-state index is 11.4. The van der Waals surface area contributed by atoms with Crippen LogP contribution in [0.25, 0.3) is 0 Å². The van der Waals surface area contributed by atoms with Crippen LogP contribution in [0.2, 0.25) is 0 Å². The third-order valence-electron chi connectivity index (χ3n) is 2.14. The summed E-state index contributed by atoms with van der Waals surface area (Å²) in [6.45, 7) is 0.237. The van der Waals surface area contributed by atoms with Gasteiger partial charge in [-0.3, -0.25) is 9.59 Å². The minimum Gasteiger partial charge on any atom is -0.481 e. The van der Waals surface area contributed by atoms with Crippen molar-refractivity contribution in [1.29, 1.82) is 0 Å². The Morgan fingerprint density at radius 2 is 1.94 bits per heavy atom. The fraction of sp³-hybridized carbons (Fsp3) is 0.455. The van der Waals surface area contributed by atoms with E-state index in [0.29, 0.717) is 12.8 Å². The van der Waals surface area contributed by atoms with E-state index >= 15 is 0 Å². The molecule has 0 saturated heterocycles. The van der Waals surface area contributed by atoms with Gasteiger partial charge in [-0.2, -0.15) is 0 Å². The monoisotopic (exact) mass is 398 g/mol. The van der Waals surface area contributed by atoms with Crippen LogP contribution in [-0.2, 0) is 20.9 Å². The highest BCUT2D eigenvalue weighted by Crippen LogP contribution is 2.32. The lowest BCUT2D eigenvalue weighted by Gasteiger charge is -2.03. The first-order valence-corrected chi connectivity index (χ1v) is 7.70. The topological polar surface area (TPSA) is 63.6 Å². The Balaban J connectivity index is 2.21. The summed E-state index contributed by atoms with van der Waals surface area (Å²) in [4.78, 5) is 21.7. The van der Waals surface area contributed by atoms with Crippen molar-refractivity contribution in [2.45, 2.75) is 32.3 Å². The molecule has 0 unspecified atom stereocenters. The third-order valence-corrected chi connectivity index (χ3v) is 4.60. The van der Waals surface area contributed by atoms with E-state index in [0.717, 1.165) is 13.1 Å². The quantitative estimate of drug-likeness (QED) is 0.556. The van der Waals surface area contributed by atoms with Gasteiger partial charge in [0.15, 0.2) is 0 Å². The maximum Gasteiger partial charge on any atom is 0.306 e. The predicted molar refractivity (Wildman–Crippen MR) is 75.6 cm³/mol. The molecular weight excluding hydrogens is 388 g/mol. The molecule has 0 fully saturated rings. The molecule has 0 spiro atoms. The van der Waals surface area contributed by atoms with Crippen molar-refractivity contribution in [2.75, 3.05) is 0 Å². The maximum absolute atomic E-state index is 11.4. The Kier molecular flexibility index (Phi) is 6.88. The largest absolute Gasteiger partial charge is 0.481 e. The van der Waals surface area contributed by atoms with Gasteiger partial charge >= 0.3 is 11.9 Å². The summed E-state index contributed by atoms with van der Waals surface area (Å²) < 4.78 is 7.01. The molecule has 0 bridgehead atoms. The normalized spacial score (nSPS) is 10.3. The van der Waals surface area contributed by atoms with Crippen LogP contribution >= 0.6 is 43.2 Å². The van der Waals surface area contributed by atoms with E-state index in [1.165, 1.54) is 11.3 Å². The number of hydrogen-bond donors (Lipinski definition) is 1. The van der Waals surface area contributed by atoms with E-state index in [4.69, 9.17) is 9.84 Å². The molecule has 1 aromatic rings. The Labute approximate surface area is 126 Å². The highest BCUT2D eigenvalue weighted by atomic mass is 79.9. The van der Waals surface area contributed by atoms with E-state index < -0.39 is 5.97 Å². The minimum absolute atomic E-state index is 0.0936. The van der Waals surface area contributed by atoms with Gasteiger partial charge in [-0.1, -0.05) is 0 Å². The molecule has 0 aliphatic carbocycles. The summed E-state index contributed by atoms with van der Waals surface area (Å²) >= 11 is 8.25. The average Bonchev–Trinajstić information content (AvgIpc) is 2.60. The molecule has 1 heterocycles. The van der Waals surface area contributed by atoms with Crippen molar-refractivity contribution in [3.05, 3.63) is 19.2 Å². The number of esters is 1. The van der Waals surface area contributed by atoms with Crippen LogP contribution in [0.5, 0.6) is 0 Å². The van der Waals surface area contributed by atoms with Gasteiger partial charge in [-0.15, -0.1) is 11.3 Å². The van der Waals surface area contributed by atoms with Gasteiger partial charge in [-0.25, -0.2) is 0 Å². The van der Waals surface area contributed by atoms with Crippen LogP contribution in [0, 0.1) is 0 Å². The van der Waals surface area contributed by atoms with Crippen molar-refractivity contribution in [3.8, 4) is 0 Å². The second-order valence-corrected chi connectivity index (χ2v) is 7.36. The van der Waals surface area contributed by atoms with E-state index in [1.54, 1.807) is 0 Å². The summed E-state index contributed by atoms with van der Waals surface area (Å²) in [6.07, 6.45) is 1.39. The van der Waals surface area contributed by atoms with Crippen molar-refractivity contribution < 1.29 is 19.4 Å². The molecule has 0 aliphatic rings. The number of thiophene rings is 1. The molecule has 0 amide bonds. The van der Waals surface area contributed by atoms with Gasteiger partial charge in [-0.05, 0) is 50.8 Å². The number of carbonyl (C=O) groups is 2. The number of carboxylic acid groups (broad SMARTS) is 1. The zero-order chi connectivity index (χ0) is 13.5. The van der Waals surface area contributed by atoms with Gasteiger partial charge in [0.05, 0.1) is 7.57 Å². The fourth-order valence-corrected chi connectivity index (χ4v) is 4.04. The van der Waals surface area contributed by atoms with Crippen LogP contribution in [0.1, 0.15) is 31.2 Å². The molecule has 0 saturated carbocycles. The van der Waals surface area contributed by atoms with Crippen molar-refractivity contribution in [3.63, 3.8) is 0 Å². The predicted octanol–water partition coefficient (Wildman–Crippen LogP) is 3.96. The fourth-order valence-electron chi connectivity index (χ4n) is 1.25. The first-order valence-electron chi connectivity index (χ1n) is 5.30.